The molecular weight excluding hydrogens is 264 g/mol. The molecule has 0 spiro atoms. The molecule has 0 aliphatic carbocycles. The lowest BCUT2D eigenvalue weighted by molar-refractivity contribution is 0.734. The number of aromatic nitrogens is 3. The van der Waals surface area contributed by atoms with E-state index in [1.165, 1.54) is 0 Å². The summed E-state index contributed by atoms with van der Waals surface area (Å²) in [4.78, 5) is 13.1. The van der Waals surface area contributed by atoms with E-state index in [1.807, 2.05) is 23.5 Å². The van der Waals surface area contributed by atoms with Gasteiger partial charge in [0.05, 0.1) is 5.25 Å². The van der Waals surface area contributed by atoms with Gasteiger partial charge in [-0.3, -0.25) is 0 Å². The summed E-state index contributed by atoms with van der Waals surface area (Å²) < 4.78 is 0. The molecule has 18 heavy (non-hydrogen) atoms. The van der Waals surface area contributed by atoms with Crippen molar-refractivity contribution in [3.63, 3.8) is 0 Å². The first kappa shape index (κ1) is 13.9. The third kappa shape index (κ3) is 3.09. The van der Waals surface area contributed by atoms with Crippen LogP contribution in [0.25, 0.3) is 0 Å². The van der Waals surface area contributed by atoms with Gasteiger partial charge in [-0.25, -0.2) is 4.98 Å². The summed E-state index contributed by atoms with van der Waals surface area (Å²) in [7, 11) is 0. The first-order valence-electron chi connectivity index (χ1n) is 6.25. The Kier molecular flexibility index (Phi) is 4.37. The molecule has 3 atom stereocenters. The zero-order valence-electron chi connectivity index (χ0n) is 11.3. The van der Waals surface area contributed by atoms with E-state index in [4.69, 9.17) is 5.73 Å². The zero-order valence-corrected chi connectivity index (χ0v) is 12.9. The molecular formula is C12H20N4S2. The summed E-state index contributed by atoms with van der Waals surface area (Å²) in [6.45, 7) is 8.69. The van der Waals surface area contributed by atoms with E-state index in [1.54, 1.807) is 0 Å². The molecule has 1 aliphatic rings. The van der Waals surface area contributed by atoms with Crippen molar-refractivity contribution in [1.82, 2.24) is 15.0 Å². The first-order valence-corrected chi connectivity index (χ1v) is 8.25. The molecule has 3 unspecified atom stereocenters. The Morgan fingerprint density at radius 3 is 2.50 bits per heavy atom. The van der Waals surface area contributed by atoms with Crippen LogP contribution in [0.1, 0.15) is 50.5 Å². The Morgan fingerprint density at radius 2 is 1.89 bits per heavy atom. The largest absolute Gasteiger partial charge is 0.368 e. The molecule has 1 fully saturated rings. The minimum Gasteiger partial charge on any atom is -0.368 e. The molecule has 0 saturated carbocycles. The summed E-state index contributed by atoms with van der Waals surface area (Å²) in [6, 6.07) is 0. The third-order valence-corrected chi connectivity index (χ3v) is 6.43. The van der Waals surface area contributed by atoms with E-state index in [0.717, 1.165) is 17.4 Å². The molecule has 2 N–H and O–H groups in total. The number of anilines is 1. The topological polar surface area (TPSA) is 64.7 Å². The molecule has 2 heterocycles. The molecule has 0 radical (unpaired) electrons. The van der Waals surface area contributed by atoms with E-state index in [-0.39, 0.29) is 5.92 Å². The van der Waals surface area contributed by atoms with Gasteiger partial charge >= 0.3 is 0 Å². The van der Waals surface area contributed by atoms with E-state index in [0.29, 0.717) is 21.7 Å². The Bertz CT molecular complexity index is 425. The first-order chi connectivity index (χ1) is 8.47. The quantitative estimate of drug-likeness (QED) is 0.901. The Hall–Kier alpha value is -0.490. The molecule has 4 nitrogen and oxygen atoms in total. The van der Waals surface area contributed by atoms with Crippen molar-refractivity contribution in [2.75, 3.05) is 11.5 Å². The summed E-state index contributed by atoms with van der Waals surface area (Å²) in [6.07, 6.45) is 0. The van der Waals surface area contributed by atoms with Gasteiger partial charge in [0, 0.05) is 22.2 Å². The second-order valence-electron chi connectivity index (χ2n) is 4.93. The summed E-state index contributed by atoms with van der Waals surface area (Å²) >= 11 is 3.93. The summed E-state index contributed by atoms with van der Waals surface area (Å²) in [5.74, 6) is 3.33. The van der Waals surface area contributed by atoms with Crippen LogP contribution >= 0.6 is 23.5 Å². The minimum absolute atomic E-state index is 0.284. The lowest BCUT2D eigenvalue weighted by Gasteiger charge is -2.30. The van der Waals surface area contributed by atoms with Crippen LogP contribution in [0.4, 0.5) is 5.95 Å². The number of nitrogen functional groups attached to an aromatic ring is 1. The molecule has 1 aromatic heterocycles. The third-order valence-electron chi connectivity index (χ3n) is 3.04. The van der Waals surface area contributed by atoms with Crippen molar-refractivity contribution in [3.05, 3.63) is 11.6 Å². The van der Waals surface area contributed by atoms with Crippen LogP contribution in [0.15, 0.2) is 0 Å². The van der Waals surface area contributed by atoms with Gasteiger partial charge in [-0.1, -0.05) is 27.7 Å². The molecule has 100 valence electrons. The van der Waals surface area contributed by atoms with Gasteiger partial charge < -0.3 is 5.73 Å². The predicted molar refractivity (Wildman–Crippen MR) is 80.0 cm³/mol. The average Bonchev–Trinajstić information content (AvgIpc) is 2.31. The SMILES string of the molecule is CC(C)c1nc(N)nc(C2CSC(C)C(C)S2)n1. The standard InChI is InChI=1S/C12H20N4S2/c1-6(2)10-14-11(16-12(13)15-10)9-5-17-7(3)8(4)18-9/h6-9H,5H2,1-4H3,(H2,13,14,15,16). The van der Waals surface area contributed by atoms with Gasteiger partial charge in [-0.05, 0) is 0 Å². The monoisotopic (exact) mass is 284 g/mol. The van der Waals surface area contributed by atoms with Crippen molar-refractivity contribution in [2.45, 2.75) is 49.4 Å². The minimum atomic E-state index is 0.284. The highest BCUT2D eigenvalue weighted by atomic mass is 32.2. The maximum atomic E-state index is 5.79. The van der Waals surface area contributed by atoms with Crippen LogP contribution in [-0.2, 0) is 0 Å². The molecule has 2 rings (SSSR count). The molecule has 0 bridgehead atoms. The second kappa shape index (κ2) is 5.65. The Balaban J connectivity index is 2.23. The molecule has 1 aliphatic heterocycles. The molecule has 6 heteroatoms. The fraction of sp³-hybridized carbons (Fsp3) is 0.750. The Labute approximate surface area is 117 Å². The van der Waals surface area contributed by atoms with E-state index >= 15 is 0 Å². The number of thioether (sulfide) groups is 2. The van der Waals surface area contributed by atoms with Gasteiger partial charge in [0.1, 0.15) is 11.6 Å². The average molecular weight is 284 g/mol. The lowest BCUT2D eigenvalue weighted by Crippen LogP contribution is -2.23. The van der Waals surface area contributed by atoms with Crippen LogP contribution < -0.4 is 5.73 Å². The zero-order chi connectivity index (χ0) is 13.3. The number of nitrogens with zero attached hydrogens (tertiary/aromatic N) is 3. The van der Waals surface area contributed by atoms with Crippen LogP contribution in [0, 0.1) is 0 Å². The summed E-state index contributed by atoms with van der Waals surface area (Å²) in [5.41, 5.74) is 5.79. The summed E-state index contributed by atoms with van der Waals surface area (Å²) in [5, 5.41) is 1.65. The highest BCUT2D eigenvalue weighted by Gasteiger charge is 2.29. The Morgan fingerprint density at radius 1 is 1.17 bits per heavy atom. The smallest absolute Gasteiger partial charge is 0.223 e. The fourth-order valence-electron chi connectivity index (χ4n) is 1.75. The number of rotatable bonds is 2. The van der Waals surface area contributed by atoms with Crippen molar-refractivity contribution < 1.29 is 0 Å². The van der Waals surface area contributed by atoms with E-state index < -0.39 is 0 Å². The number of hydrogen-bond donors (Lipinski definition) is 1. The lowest BCUT2D eigenvalue weighted by atomic mass is 10.2. The molecule has 0 amide bonds. The molecule has 0 aromatic carbocycles. The van der Waals surface area contributed by atoms with Crippen molar-refractivity contribution >= 4 is 29.5 Å². The van der Waals surface area contributed by atoms with Crippen molar-refractivity contribution in [3.8, 4) is 0 Å². The van der Waals surface area contributed by atoms with Crippen LogP contribution in [0.2, 0.25) is 0 Å². The maximum absolute atomic E-state index is 5.79. The van der Waals surface area contributed by atoms with Gasteiger partial charge in [-0.15, -0.1) is 11.8 Å². The van der Waals surface area contributed by atoms with Crippen molar-refractivity contribution in [1.29, 1.82) is 0 Å². The number of hydrogen-bond acceptors (Lipinski definition) is 6. The van der Waals surface area contributed by atoms with Gasteiger partial charge in [0.2, 0.25) is 5.95 Å². The molecule has 1 aromatic rings. The van der Waals surface area contributed by atoms with Gasteiger partial charge in [0.25, 0.3) is 0 Å². The van der Waals surface area contributed by atoms with E-state index in [9.17, 15) is 0 Å². The van der Waals surface area contributed by atoms with E-state index in [2.05, 4.69) is 42.6 Å². The normalized spacial score (nSPS) is 28.6. The fourth-order valence-corrected chi connectivity index (χ4v) is 4.59. The van der Waals surface area contributed by atoms with Crippen LogP contribution in [0.5, 0.6) is 0 Å². The molecule has 1 saturated heterocycles. The van der Waals surface area contributed by atoms with Gasteiger partial charge in [0.15, 0.2) is 0 Å². The van der Waals surface area contributed by atoms with Gasteiger partial charge in [-0.2, -0.15) is 21.7 Å². The van der Waals surface area contributed by atoms with Crippen molar-refractivity contribution in [2.24, 2.45) is 0 Å². The number of nitrogens with two attached hydrogens (primary N) is 1. The second-order valence-corrected chi connectivity index (χ2v) is 7.93. The maximum Gasteiger partial charge on any atom is 0.223 e. The highest BCUT2D eigenvalue weighted by molar-refractivity contribution is 8.07. The highest BCUT2D eigenvalue weighted by Crippen LogP contribution is 2.43. The van der Waals surface area contributed by atoms with Crippen LogP contribution in [-0.4, -0.2) is 31.2 Å². The predicted octanol–water partition coefficient (Wildman–Crippen LogP) is 2.88. The van der Waals surface area contributed by atoms with Crippen LogP contribution in [0.3, 0.4) is 0 Å².